The molecule has 4 nitrogen and oxygen atoms in total. The highest BCUT2D eigenvalue weighted by Gasteiger charge is 2.41. The Kier molecular flexibility index (Phi) is 4.62. The topological polar surface area (TPSA) is 50.4 Å². The SMILES string of the molecule is CC(C)OC(=O)NC1CCC(C(F)(F)F)NC1. The largest absolute Gasteiger partial charge is 0.447 e. The lowest BCUT2D eigenvalue weighted by molar-refractivity contribution is -0.160. The average Bonchev–Trinajstić information content (AvgIpc) is 2.15. The van der Waals surface area contributed by atoms with Gasteiger partial charge < -0.3 is 15.4 Å². The van der Waals surface area contributed by atoms with Crippen LogP contribution in [0.3, 0.4) is 0 Å². The van der Waals surface area contributed by atoms with Gasteiger partial charge in [0.25, 0.3) is 0 Å². The van der Waals surface area contributed by atoms with E-state index in [9.17, 15) is 18.0 Å². The van der Waals surface area contributed by atoms with E-state index in [4.69, 9.17) is 4.74 Å². The van der Waals surface area contributed by atoms with Gasteiger partial charge in [0, 0.05) is 12.6 Å². The molecule has 17 heavy (non-hydrogen) atoms. The molecule has 1 aliphatic heterocycles. The first-order valence-corrected chi connectivity index (χ1v) is 5.56. The second-order valence-electron chi connectivity index (χ2n) is 4.38. The molecule has 0 radical (unpaired) electrons. The standard InChI is InChI=1S/C10H17F3N2O2/c1-6(2)17-9(16)15-7-3-4-8(14-5-7)10(11,12)13/h6-8,14H,3-5H2,1-2H3,(H,15,16). The zero-order chi connectivity index (χ0) is 13.1. The molecule has 0 spiro atoms. The molecule has 0 aliphatic carbocycles. The fourth-order valence-corrected chi connectivity index (χ4v) is 1.67. The van der Waals surface area contributed by atoms with E-state index in [-0.39, 0.29) is 25.1 Å². The summed E-state index contributed by atoms with van der Waals surface area (Å²) in [5.41, 5.74) is 0. The highest BCUT2D eigenvalue weighted by atomic mass is 19.4. The number of alkyl carbamates (subject to hydrolysis) is 1. The number of halogens is 3. The number of carbonyl (C=O) groups is 1. The summed E-state index contributed by atoms with van der Waals surface area (Å²) < 4.78 is 41.8. The lowest BCUT2D eigenvalue weighted by Gasteiger charge is -2.31. The molecule has 0 aromatic heterocycles. The second kappa shape index (κ2) is 5.57. The Bertz CT molecular complexity index is 261. The molecule has 2 atom stereocenters. The molecule has 1 aliphatic rings. The summed E-state index contributed by atoms with van der Waals surface area (Å²) in [6.45, 7) is 3.52. The van der Waals surface area contributed by atoms with Crippen molar-refractivity contribution in [3.05, 3.63) is 0 Å². The van der Waals surface area contributed by atoms with Crippen molar-refractivity contribution < 1.29 is 22.7 Å². The van der Waals surface area contributed by atoms with Gasteiger partial charge in [-0.2, -0.15) is 13.2 Å². The van der Waals surface area contributed by atoms with Crippen LogP contribution in [0.5, 0.6) is 0 Å². The molecule has 0 saturated carbocycles. The van der Waals surface area contributed by atoms with E-state index in [1.54, 1.807) is 13.8 Å². The molecular weight excluding hydrogens is 237 g/mol. The third-order valence-corrected chi connectivity index (χ3v) is 2.47. The maximum absolute atomic E-state index is 12.3. The zero-order valence-corrected chi connectivity index (χ0v) is 9.80. The molecular formula is C10H17F3N2O2. The summed E-state index contributed by atoms with van der Waals surface area (Å²) in [4.78, 5) is 11.2. The first-order valence-electron chi connectivity index (χ1n) is 5.56. The smallest absolute Gasteiger partial charge is 0.407 e. The Hall–Kier alpha value is -0.980. The first-order chi connectivity index (χ1) is 7.79. The maximum atomic E-state index is 12.3. The lowest BCUT2D eigenvalue weighted by atomic mass is 10.0. The molecule has 2 N–H and O–H groups in total. The highest BCUT2D eigenvalue weighted by molar-refractivity contribution is 5.67. The van der Waals surface area contributed by atoms with Crippen molar-refractivity contribution in [1.82, 2.24) is 10.6 Å². The van der Waals surface area contributed by atoms with Gasteiger partial charge in [-0.15, -0.1) is 0 Å². The van der Waals surface area contributed by atoms with Crippen LogP contribution in [0.1, 0.15) is 26.7 Å². The van der Waals surface area contributed by atoms with Crippen LogP contribution < -0.4 is 10.6 Å². The van der Waals surface area contributed by atoms with E-state index in [2.05, 4.69) is 10.6 Å². The predicted octanol–water partition coefficient (Wildman–Crippen LogP) is 1.80. The Morgan fingerprint density at radius 1 is 1.41 bits per heavy atom. The van der Waals surface area contributed by atoms with Crippen LogP contribution in [0.2, 0.25) is 0 Å². The first kappa shape index (κ1) is 14.1. The minimum Gasteiger partial charge on any atom is -0.447 e. The number of hydrogen-bond donors (Lipinski definition) is 2. The molecule has 1 saturated heterocycles. The molecule has 7 heteroatoms. The lowest BCUT2D eigenvalue weighted by Crippen LogP contribution is -2.54. The number of piperidine rings is 1. The van der Waals surface area contributed by atoms with Crippen LogP contribution in [-0.2, 0) is 4.74 Å². The Balaban J connectivity index is 2.30. The predicted molar refractivity (Wildman–Crippen MR) is 55.6 cm³/mol. The van der Waals surface area contributed by atoms with Gasteiger partial charge in [-0.05, 0) is 26.7 Å². The molecule has 1 rings (SSSR count). The van der Waals surface area contributed by atoms with Crippen LogP contribution >= 0.6 is 0 Å². The average molecular weight is 254 g/mol. The molecule has 0 aromatic carbocycles. The number of ether oxygens (including phenoxy) is 1. The van der Waals surface area contributed by atoms with E-state index in [0.29, 0.717) is 6.42 Å². The number of amides is 1. The Morgan fingerprint density at radius 3 is 2.47 bits per heavy atom. The highest BCUT2D eigenvalue weighted by Crippen LogP contribution is 2.26. The number of hydrogen-bond acceptors (Lipinski definition) is 3. The van der Waals surface area contributed by atoms with Crippen molar-refractivity contribution in [3.63, 3.8) is 0 Å². The van der Waals surface area contributed by atoms with Gasteiger partial charge in [0.2, 0.25) is 0 Å². The fourth-order valence-electron chi connectivity index (χ4n) is 1.67. The summed E-state index contributed by atoms with van der Waals surface area (Å²) in [6, 6.07) is -1.78. The molecule has 100 valence electrons. The van der Waals surface area contributed by atoms with Gasteiger partial charge in [0.1, 0.15) is 6.04 Å². The van der Waals surface area contributed by atoms with Gasteiger partial charge in [-0.3, -0.25) is 0 Å². The number of nitrogens with one attached hydrogen (secondary N) is 2. The molecule has 1 amide bonds. The van der Waals surface area contributed by atoms with Gasteiger partial charge in [0.05, 0.1) is 6.10 Å². The van der Waals surface area contributed by atoms with E-state index >= 15 is 0 Å². The summed E-state index contributed by atoms with van der Waals surface area (Å²) in [6.07, 6.45) is -4.78. The molecule has 1 heterocycles. The van der Waals surface area contributed by atoms with Crippen molar-refractivity contribution in [1.29, 1.82) is 0 Å². The number of carbonyl (C=O) groups excluding carboxylic acids is 1. The van der Waals surface area contributed by atoms with Crippen molar-refractivity contribution in [2.45, 2.75) is 51.1 Å². The van der Waals surface area contributed by atoms with Crippen molar-refractivity contribution in [2.24, 2.45) is 0 Å². The van der Waals surface area contributed by atoms with Crippen LogP contribution in [0.25, 0.3) is 0 Å². The van der Waals surface area contributed by atoms with E-state index in [1.807, 2.05) is 0 Å². The maximum Gasteiger partial charge on any atom is 0.407 e. The van der Waals surface area contributed by atoms with Crippen molar-refractivity contribution in [2.75, 3.05) is 6.54 Å². The van der Waals surface area contributed by atoms with Gasteiger partial charge in [0.15, 0.2) is 0 Å². The summed E-state index contributed by atoms with van der Waals surface area (Å²) in [5.74, 6) is 0. The normalized spacial score (nSPS) is 25.8. The number of alkyl halides is 3. The quantitative estimate of drug-likeness (QED) is 0.790. The van der Waals surface area contributed by atoms with Gasteiger partial charge in [-0.25, -0.2) is 4.79 Å². The Labute approximate surface area is 97.9 Å². The monoisotopic (exact) mass is 254 g/mol. The summed E-state index contributed by atoms with van der Waals surface area (Å²) in [5, 5.41) is 4.90. The van der Waals surface area contributed by atoms with Crippen LogP contribution in [0, 0.1) is 0 Å². The summed E-state index contributed by atoms with van der Waals surface area (Å²) >= 11 is 0. The minimum atomic E-state index is -4.22. The molecule has 1 fully saturated rings. The number of rotatable bonds is 2. The van der Waals surface area contributed by atoms with Crippen molar-refractivity contribution >= 4 is 6.09 Å². The van der Waals surface area contributed by atoms with E-state index in [1.165, 1.54) is 0 Å². The van der Waals surface area contributed by atoms with E-state index < -0.39 is 18.3 Å². The third kappa shape index (κ3) is 4.80. The minimum absolute atomic E-state index is 0.0316. The zero-order valence-electron chi connectivity index (χ0n) is 9.80. The van der Waals surface area contributed by atoms with Gasteiger partial charge >= 0.3 is 12.3 Å². The fraction of sp³-hybridized carbons (Fsp3) is 0.900. The van der Waals surface area contributed by atoms with Crippen LogP contribution in [0.4, 0.5) is 18.0 Å². The molecule has 2 unspecified atom stereocenters. The Morgan fingerprint density at radius 2 is 2.06 bits per heavy atom. The molecule has 0 bridgehead atoms. The van der Waals surface area contributed by atoms with E-state index in [0.717, 1.165) is 0 Å². The van der Waals surface area contributed by atoms with Crippen molar-refractivity contribution in [3.8, 4) is 0 Å². The third-order valence-electron chi connectivity index (χ3n) is 2.47. The van der Waals surface area contributed by atoms with Crippen LogP contribution in [-0.4, -0.2) is 37.0 Å². The van der Waals surface area contributed by atoms with Crippen LogP contribution in [0.15, 0.2) is 0 Å². The summed E-state index contributed by atoms with van der Waals surface area (Å²) in [7, 11) is 0. The molecule has 0 aromatic rings. The second-order valence-corrected chi connectivity index (χ2v) is 4.38. The van der Waals surface area contributed by atoms with Gasteiger partial charge in [-0.1, -0.05) is 0 Å².